The van der Waals surface area contributed by atoms with Gasteiger partial charge < -0.3 is 20.3 Å². The van der Waals surface area contributed by atoms with Gasteiger partial charge >= 0.3 is 12.1 Å². The normalized spacial score (nSPS) is 15.4. The van der Waals surface area contributed by atoms with Gasteiger partial charge in [0.2, 0.25) is 5.91 Å². The number of nitrogens with one attached hydrogen (secondary N) is 2. The quantitative estimate of drug-likeness (QED) is 0.612. The Hall–Kier alpha value is -3.63. The molecule has 1 atom stereocenters. The van der Waals surface area contributed by atoms with Gasteiger partial charge in [0.1, 0.15) is 5.82 Å². The Labute approximate surface area is 194 Å². The maximum atomic E-state index is 12.7. The highest BCUT2D eigenvalue weighted by Gasteiger charge is 2.32. The van der Waals surface area contributed by atoms with Gasteiger partial charge in [-0.25, -0.2) is 4.98 Å². The highest BCUT2D eigenvalue weighted by molar-refractivity contribution is 5.95. The van der Waals surface area contributed by atoms with Crippen LogP contribution < -0.4 is 15.5 Å². The van der Waals surface area contributed by atoms with Crippen molar-refractivity contribution in [2.24, 2.45) is 5.92 Å². The molecule has 0 spiro atoms. The van der Waals surface area contributed by atoms with Crippen molar-refractivity contribution in [3.8, 4) is 0 Å². The SMILES string of the molecule is CC(=O)Nc1ccc(NC(=O)[C@@H](C)OC(=O)C2CCN(c3ccc(C(F)(F)F)cn3)CC2)cc1. The minimum absolute atomic E-state index is 0.209. The number of benzene rings is 1. The topological polar surface area (TPSA) is 101 Å². The van der Waals surface area contributed by atoms with Gasteiger partial charge in [-0.05, 0) is 56.2 Å². The zero-order valence-electron chi connectivity index (χ0n) is 18.7. The van der Waals surface area contributed by atoms with Crippen LogP contribution in [0, 0.1) is 5.92 Å². The zero-order chi connectivity index (χ0) is 24.9. The number of hydrogen-bond acceptors (Lipinski definition) is 6. The molecule has 2 amide bonds. The van der Waals surface area contributed by atoms with E-state index in [4.69, 9.17) is 4.74 Å². The summed E-state index contributed by atoms with van der Waals surface area (Å²) in [6.45, 7) is 3.72. The largest absolute Gasteiger partial charge is 0.452 e. The van der Waals surface area contributed by atoms with Gasteiger partial charge in [0, 0.05) is 37.6 Å². The summed E-state index contributed by atoms with van der Waals surface area (Å²) in [6.07, 6.45) is -3.80. The first kappa shape index (κ1) is 25.0. The number of aromatic nitrogens is 1. The summed E-state index contributed by atoms with van der Waals surface area (Å²) in [4.78, 5) is 41.6. The summed E-state index contributed by atoms with van der Waals surface area (Å²) in [6, 6.07) is 8.79. The van der Waals surface area contributed by atoms with Crippen LogP contribution in [0.15, 0.2) is 42.6 Å². The fourth-order valence-corrected chi connectivity index (χ4v) is 3.49. The third-order valence-corrected chi connectivity index (χ3v) is 5.36. The second kappa shape index (κ2) is 10.5. The molecule has 1 aliphatic rings. The van der Waals surface area contributed by atoms with Crippen molar-refractivity contribution < 1.29 is 32.3 Å². The molecule has 11 heteroatoms. The van der Waals surface area contributed by atoms with E-state index in [1.165, 1.54) is 19.9 Å². The van der Waals surface area contributed by atoms with Crippen molar-refractivity contribution in [1.82, 2.24) is 4.98 Å². The first-order valence-electron chi connectivity index (χ1n) is 10.7. The molecule has 3 rings (SSSR count). The Kier molecular flexibility index (Phi) is 7.75. The van der Waals surface area contributed by atoms with Crippen molar-refractivity contribution in [3.05, 3.63) is 48.2 Å². The van der Waals surface area contributed by atoms with Crippen LogP contribution in [0.4, 0.5) is 30.4 Å². The van der Waals surface area contributed by atoms with E-state index in [-0.39, 0.29) is 5.91 Å². The lowest BCUT2D eigenvalue weighted by Gasteiger charge is -2.32. The fourth-order valence-electron chi connectivity index (χ4n) is 3.49. The van der Waals surface area contributed by atoms with Gasteiger partial charge in [0.25, 0.3) is 5.91 Å². The fraction of sp³-hybridized carbons (Fsp3) is 0.391. The number of piperidine rings is 1. The van der Waals surface area contributed by atoms with Gasteiger partial charge in [-0.15, -0.1) is 0 Å². The maximum Gasteiger partial charge on any atom is 0.417 e. The number of nitrogens with zero attached hydrogens (tertiary/aromatic N) is 2. The van der Waals surface area contributed by atoms with E-state index >= 15 is 0 Å². The number of amides is 2. The summed E-state index contributed by atoms with van der Waals surface area (Å²) >= 11 is 0. The highest BCUT2D eigenvalue weighted by atomic mass is 19.4. The van der Waals surface area contributed by atoms with Crippen LogP contribution in [-0.2, 0) is 25.3 Å². The molecule has 0 saturated carbocycles. The van der Waals surface area contributed by atoms with Crippen LogP contribution >= 0.6 is 0 Å². The van der Waals surface area contributed by atoms with Crippen LogP contribution in [0.25, 0.3) is 0 Å². The maximum absolute atomic E-state index is 12.7. The third-order valence-electron chi connectivity index (χ3n) is 5.36. The standard InChI is InChI=1S/C23H25F3N4O4/c1-14(21(32)29-19-6-4-18(5-7-19)28-15(2)31)34-22(33)16-9-11-30(12-10-16)20-8-3-17(13-27-20)23(24,25)26/h3-8,13-14,16H,9-12H2,1-2H3,(H,28,31)(H,29,32)/t14-/m1/s1. The van der Waals surface area contributed by atoms with Gasteiger partial charge in [0.05, 0.1) is 11.5 Å². The molecule has 2 aromatic rings. The summed E-state index contributed by atoms with van der Waals surface area (Å²) in [5, 5.41) is 5.27. The Morgan fingerprint density at radius 3 is 2.12 bits per heavy atom. The summed E-state index contributed by atoms with van der Waals surface area (Å²) in [5.41, 5.74) is 0.257. The van der Waals surface area contributed by atoms with E-state index < -0.39 is 35.6 Å². The van der Waals surface area contributed by atoms with Crippen molar-refractivity contribution >= 4 is 35.0 Å². The molecule has 182 valence electrons. The smallest absolute Gasteiger partial charge is 0.417 e. The van der Waals surface area contributed by atoms with E-state index in [1.54, 1.807) is 24.3 Å². The van der Waals surface area contributed by atoms with Gasteiger partial charge in [-0.2, -0.15) is 13.2 Å². The lowest BCUT2D eigenvalue weighted by atomic mass is 9.97. The number of halogens is 3. The molecule has 1 aliphatic heterocycles. The average molecular weight is 478 g/mol. The number of carbonyl (C=O) groups is 3. The number of esters is 1. The van der Waals surface area contributed by atoms with Crippen LogP contribution in [0.5, 0.6) is 0 Å². The predicted octanol–water partition coefficient (Wildman–Crippen LogP) is 3.85. The van der Waals surface area contributed by atoms with Gasteiger partial charge in [-0.3, -0.25) is 14.4 Å². The van der Waals surface area contributed by atoms with E-state index in [9.17, 15) is 27.6 Å². The number of carbonyl (C=O) groups excluding carboxylic acids is 3. The minimum Gasteiger partial charge on any atom is -0.452 e. The molecular formula is C23H25F3N4O4. The third kappa shape index (κ3) is 6.69. The number of alkyl halides is 3. The Balaban J connectivity index is 1.46. The lowest BCUT2D eigenvalue weighted by Crippen LogP contribution is -2.39. The van der Waals surface area contributed by atoms with Gasteiger partial charge in [-0.1, -0.05) is 0 Å². The first-order valence-corrected chi connectivity index (χ1v) is 10.7. The average Bonchev–Trinajstić information content (AvgIpc) is 2.79. The van der Waals surface area contributed by atoms with E-state index in [0.717, 1.165) is 12.3 Å². The van der Waals surface area contributed by atoms with Crippen molar-refractivity contribution in [2.75, 3.05) is 28.6 Å². The monoisotopic (exact) mass is 478 g/mol. The molecule has 0 radical (unpaired) electrons. The van der Waals surface area contributed by atoms with Crippen molar-refractivity contribution in [1.29, 1.82) is 0 Å². The number of rotatable bonds is 6. The Bertz CT molecular complexity index is 1020. The first-order chi connectivity index (χ1) is 16.0. The molecule has 8 nitrogen and oxygen atoms in total. The molecule has 2 heterocycles. The van der Waals surface area contributed by atoms with Crippen LogP contribution in [-0.4, -0.2) is 42.0 Å². The second-order valence-corrected chi connectivity index (χ2v) is 7.99. The number of ether oxygens (including phenoxy) is 1. The predicted molar refractivity (Wildman–Crippen MR) is 119 cm³/mol. The Morgan fingerprint density at radius 2 is 1.62 bits per heavy atom. The minimum atomic E-state index is -4.44. The number of hydrogen-bond donors (Lipinski definition) is 2. The van der Waals surface area contributed by atoms with E-state index in [1.807, 2.05) is 4.90 Å². The molecule has 1 fully saturated rings. The van der Waals surface area contributed by atoms with Crippen molar-refractivity contribution in [2.45, 2.75) is 39.0 Å². The van der Waals surface area contributed by atoms with E-state index in [0.29, 0.717) is 43.1 Å². The van der Waals surface area contributed by atoms with Crippen LogP contribution in [0.2, 0.25) is 0 Å². The molecule has 1 saturated heterocycles. The molecule has 0 bridgehead atoms. The summed E-state index contributed by atoms with van der Waals surface area (Å²) < 4.78 is 43.4. The number of anilines is 3. The molecule has 2 N–H and O–H groups in total. The summed E-state index contributed by atoms with van der Waals surface area (Å²) in [7, 11) is 0. The molecule has 1 aromatic carbocycles. The molecule has 0 aliphatic carbocycles. The zero-order valence-corrected chi connectivity index (χ0v) is 18.7. The molecular weight excluding hydrogens is 453 g/mol. The second-order valence-electron chi connectivity index (χ2n) is 7.99. The van der Waals surface area contributed by atoms with Crippen LogP contribution in [0.3, 0.4) is 0 Å². The van der Waals surface area contributed by atoms with E-state index in [2.05, 4.69) is 15.6 Å². The number of pyridine rings is 1. The van der Waals surface area contributed by atoms with Crippen LogP contribution in [0.1, 0.15) is 32.3 Å². The Morgan fingerprint density at radius 1 is 1.03 bits per heavy atom. The summed E-state index contributed by atoms with van der Waals surface area (Å²) in [5.74, 6) is -1.20. The highest BCUT2D eigenvalue weighted by Crippen LogP contribution is 2.30. The van der Waals surface area contributed by atoms with Crippen molar-refractivity contribution in [3.63, 3.8) is 0 Å². The molecule has 0 unspecified atom stereocenters. The lowest BCUT2D eigenvalue weighted by molar-refractivity contribution is -0.158. The van der Waals surface area contributed by atoms with Gasteiger partial charge in [0.15, 0.2) is 6.10 Å². The molecule has 34 heavy (non-hydrogen) atoms. The molecule has 1 aromatic heterocycles.